The molecule has 2 aromatic rings. The van der Waals surface area contributed by atoms with Crippen LogP contribution in [-0.2, 0) is 11.2 Å². The number of carbonyl (C=O) groups is 1. The Morgan fingerprint density at radius 1 is 1.26 bits per heavy atom. The van der Waals surface area contributed by atoms with E-state index in [1.165, 1.54) is 0 Å². The molecule has 0 radical (unpaired) electrons. The molecule has 0 bridgehead atoms. The summed E-state index contributed by atoms with van der Waals surface area (Å²) in [6.07, 6.45) is 1.59. The van der Waals surface area contributed by atoms with Crippen molar-refractivity contribution in [2.75, 3.05) is 0 Å². The summed E-state index contributed by atoms with van der Waals surface area (Å²) in [5, 5.41) is 23.8. The highest BCUT2D eigenvalue weighted by atomic mass is 35.5. The van der Waals surface area contributed by atoms with E-state index in [4.69, 9.17) is 10.8 Å². The second kappa shape index (κ2) is 6.66. The Bertz CT molecular complexity index is 535. The second-order valence-electron chi connectivity index (χ2n) is 3.50. The number of carboxylic acids is 1. The number of rotatable bonds is 4. The zero-order valence-corrected chi connectivity index (χ0v) is 10.5. The van der Waals surface area contributed by atoms with Gasteiger partial charge >= 0.3 is 5.97 Å². The van der Waals surface area contributed by atoms with Gasteiger partial charge in [0, 0.05) is 12.6 Å². The average molecular weight is 283 g/mol. The molecule has 2 heterocycles. The third-order valence-corrected chi connectivity index (χ3v) is 2.13. The summed E-state index contributed by atoms with van der Waals surface area (Å²) in [5.41, 5.74) is 5.90. The number of hydrogen-bond donors (Lipinski definition) is 2. The van der Waals surface area contributed by atoms with Crippen LogP contribution in [-0.4, -0.2) is 42.5 Å². The molecule has 2 aromatic heterocycles. The molecule has 0 aliphatic heterocycles. The van der Waals surface area contributed by atoms with Crippen molar-refractivity contribution in [3.8, 4) is 11.5 Å². The Morgan fingerprint density at radius 2 is 1.95 bits per heavy atom. The van der Waals surface area contributed by atoms with Crippen molar-refractivity contribution in [2.45, 2.75) is 12.5 Å². The van der Waals surface area contributed by atoms with Gasteiger partial charge in [-0.1, -0.05) is 6.07 Å². The average Bonchev–Trinajstić information content (AvgIpc) is 2.40. The summed E-state index contributed by atoms with van der Waals surface area (Å²) < 4.78 is 0. The van der Waals surface area contributed by atoms with Crippen LogP contribution in [0.25, 0.3) is 11.5 Å². The van der Waals surface area contributed by atoms with Gasteiger partial charge in [0.25, 0.3) is 0 Å². The number of carboxylic acid groups (broad SMARTS) is 1. The van der Waals surface area contributed by atoms with Gasteiger partial charge < -0.3 is 10.8 Å². The lowest BCUT2D eigenvalue weighted by Gasteiger charge is -2.03. The summed E-state index contributed by atoms with van der Waals surface area (Å²) in [5.74, 6) is -0.653. The highest BCUT2D eigenvalue weighted by Crippen LogP contribution is 2.07. The Balaban J connectivity index is 0.00000180. The number of pyridine rings is 1. The lowest BCUT2D eigenvalue weighted by atomic mass is 10.2. The molecule has 0 saturated carbocycles. The van der Waals surface area contributed by atoms with E-state index < -0.39 is 12.0 Å². The predicted octanol–water partition coefficient (Wildman–Crippen LogP) is -0.295. The van der Waals surface area contributed by atoms with E-state index in [0.717, 1.165) is 0 Å². The number of nitrogens with two attached hydrogens (primary N) is 1. The zero-order valence-electron chi connectivity index (χ0n) is 9.67. The minimum absolute atomic E-state index is 0. The third kappa shape index (κ3) is 3.90. The molecule has 9 heteroatoms. The van der Waals surface area contributed by atoms with E-state index in [-0.39, 0.29) is 30.5 Å². The molecular weight excluding hydrogens is 272 g/mol. The van der Waals surface area contributed by atoms with Crippen LogP contribution >= 0.6 is 12.4 Å². The van der Waals surface area contributed by atoms with Gasteiger partial charge in [0.05, 0.1) is 0 Å². The van der Waals surface area contributed by atoms with Crippen LogP contribution < -0.4 is 5.73 Å². The molecule has 8 nitrogen and oxygen atoms in total. The number of aliphatic carboxylic acids is 1. The zero-order chi connectivity index (χ0) is 13.0. The monoisotopic (exact) mass is 282 g/mol. The summed E-state index contributed by atoms with van der Waals surface area (Å²) in [7, 11) is 0. The fourth-order valence-corrected chi connectivity index (χ4v) is 1.21. The van der Waals surface area contributed by atoms with Crippen LogP contribution in [0.1, 0.15) is 5.82 Å². The van der Waals surface area contributed by atoms with Gasteiger partial charge in [0.15, 0.2) is 5.82 Å². The SMILES string of the molecule is Cl.N[C@@H](Cc1nnc(-c2ccccn2)nn1)C(=O)O. The maximum Gasteiger partial charge on any atom is 0.320 e. The molecule has 0 fully saturated rings. The maximum absolute atomic E-state index is 10.6. The topological polar surface area (TPSA) is 128 Å². The van der Waals surface area contributed by atoms with Crippen LogP contribution in [0.4, 0.5) is 0 Å². The molecule has 0 saturated heterocycles. The second-order valence-corrected chi connectivity index (χ2v) is 3.50. The molecule has 19 heavy (non-hydrogen) atoms. The van der Waals surface area contributed by atoms with Crippen LogP contribution in [0, 0.1) is 0 Å². The first-order valence-corrected chi connectivity index (χ1v) is 5.13. The Hall–Kier alpha value is -2.19. The van der Waals surface area contributed by atoms with Crippen molar-refractivity contribution in [2.24, 2.45) is 5.73 Å². The van der Waals surface area contributed by atoms with Crippen LogP contribution in [0.15, 0.2) is 24.4 Å². The normalized spacial score (nSPS) is 11.4. The van der Waals surface area contributed by atoms with E-state index in [0.29, 0.717) is 5.69 Å². The number of nitrogens with zero attached hydrogens (tertiary/aromatic N) is 5. The van der Waals surface area contributed by atoms with Crippen LogP contribution in [0.5, 0.6) is 0 Å². The largest absolute Gasteiger partial charge is 0.480 e. The summed E-state index contributed by atoms with van der Waals surface area (Å²) in [6.45, 7) is 0. The minimum Gasteiger partial charge on any atom is -0.480 e. The van der Waals surface area contributed by atoms with Crippen molar-refractivity contribution in [1.29, 1.82) is 0 Å². The first kappa shape index (κ1) is 14.9. The Kier molecular flexibility index (Phi) is 5.22. The highest BCUT2D eigenvalue weighted by molar-refractivity contribution is 5.85. The molecule has 0 spiro atoms. The van der Waals surface area contributed by atoms with Gasteiger partial charge in [0.1, 0.15) is 11.7 Å². The van der Waals surface area contributed by atoms with Gasteiger partial charge in [-0.15, -0.1) is 32.8 Å². The molecular formula is C10H11ClN6O2. The molecule has 1 atom stereocenters. The maximum atomic E-state index is 10.6. The number of hydrogen-bond acceptors (Lipinski definition) is 7. The van der Waals surface area contributed by atoms with Gasteiger partial charge in [0.2, 0.25) is 5.82 Å². The molecule has 3 N–H and O–H groups in total. The Morgan fingerprint density at radius 3 is 2.47 bits per heavy atom. The van der Waals surface area contributed by atoms with Crippen LogP contribution in [0.2, 0.25) is 0 Å². The van der Waals surface area contributed by atoms with E-state index in [2.05, 4.69) is 25.4 Å². The van der Waals surface area contributed by atoms with Crippen molar-refractivity contribution in [3.05, 3.63) is 30.2 Å². The lowest BCUT2D eigenvalue weighted by Crippen LogP contribution is -2.33. The van der Waals surface area contributed by atoms with E-state index >= 15 is 0 Å². The summed E-state index contributed by atoms with van der Waals surface area (Å²) in [6, 6.07) is 4.22. The van der Waals surface area contributed by atoms with Crippen molar-refractivity contribution in [1.82, 2.24) is 25.4 Å². The molecule has 0 aliphatic rings. The molecule has 2 rings (SSSR count). The van der Waals surface area contributed by atoms with Gasteiger partial charge in [-0.25, -0.2) is 0 Å². The van der Waals surface area contributed by atoms with E-state index in [1.54, 1.807) is 24.4 Å². The first-order valence-electron chi connectivity index (χ1n) is 5.13. The first-order chi connectivity index (χ1) is 8.66. The minimum atomic E-state index is -1.12. The summed E-state index contributed by atoms with van der Waals surface area (Å²) >= 11 is 0. The third-order valence-electron chi connectivity index (χ3n) is 2.13. The van der Waals surface area contributed by atoms with E-state index in [1.807, 2.05) is 0 Å². The lowest BCUT2D eigenvalue weighted by molar-refractivity contribution is -0.138. The predicted molar refractivity (Wildman–Crippen MR) is 67.4 cm³/mol. The van der Waals surface area contributed by atoms with Gasteiger partial charge in [-0.2, -0.15) is 0 Å². The molecule has 0 aromatic carbocycles. The quantitative estimate of drug-likeness (QED) is 0.782. The molecule has 0 aliphatic carbocycles. The summed E-state index contributed by atoms with van der Waals surface area (Å²) in [4.78, 5) is 14.6. The molecule has 100 valence electrons. The van der Waals surface area contributed by atoms with Crippen molar-refractivity contribution < 1.29 is 9.90 Å². The van der Waals surface area contributed by atoms with Gasteiger partial charge in [-0.3, -0.25) is 9.78 Å². The standard InChI is InChI=1S/C10H10N6O2.ClH/c11-6(10(17)18)5-8-13-15-9(16-14-8)7-3-1-2-4-12-7;/h1-4,6H,5,11H2,(H,17,18);1H/t6-;/m0./s1. The fraction of sp³-hybridized carbons (Fsp3) is 0.200. The van der Waals surface area contributed by atoms with Gasteiger partial charge in [-0.05, 0) is 12.1 Å². The Labute approximate surface area is 114 Å². The smallest absolute Gasteiger partial charge is 0.320 e. The van der Waals surface area contributed by atoms with Crippen molar-refractivity contribution >= 4 is 18.4 Å². The van der Waals surface area contributed by atoms with E-state index in [9.17, 15) is 4.79 Å². The molecule has 0 unspecified atom stereocenters. The molecule has 0 amide bonds. The number of aromatic nitrogens is 5. The van der Waals surface area contributed by atoms with Crippen molar-refractivity contribution in [3.63, 3.8) is 0 Å². The number of halogens is 1. The highest BCUT2D eigenvalue weighted by Gasteiger charge is 2.15. The van der Waals surface area contributed by atoms with Crippen LogP contribution in [0.3, 0.4) is 0 Å². The fourth-order valence-electron chi connectivity index (χ4n) is 1.21.